The average Bonchev–Trinajstić information content (AvgIpc) is 2.54. The van der Waals surface area contributed by atoms with E-state index in [-0.39, 0.29) is 17.1 Å². The average molecular weight is 316 g/mol. The Kier molecular flexibility index (Phi) is 4.39. The van der Waals surface area contributed by atoms with Crippen LogP contribution in [0, 0.1) is 0 Å². The van der Waals surface area contributed by atoms with Crippen molar-refractivity contribution in [3.63, 3.8) is 0 Å². The minimum atomic E-state index is -0.183. The van der Waals surface area contributed by atoms with E-state index in [4.69, 9.17) is 4.74 Å². The molecule has 23 heavy (non-hydrogen) atoms. The van der Waals surface area contributed by atoms with Gasteiger partial charge in [-0.2, -0.15) is 0 Å². The van der Waals surface area contributed by atoms with E-state index in [1.54, 1.807) is 6.07 Å². The second-order valence-corrected chi connectivity index (χ2v) is 6.51. The highest BCUT2D eigenvalue weighted by Crippen LogP contribution is 2.33. The number of carbonyl (C=O) groups excluding carboxylic acids is 1. The molecule has 0 aliphatic carbocycles. The molecule has 1 amide bonds. The molecular formula is C18H24N2O3. The highest BCUT2D eigenvalue weighted by Gasteiger charge is 2.37. The molecule has 5 heteroatoms. The zero-order valence-electron chi connectivity index (χ0n) is 13.9. The number of H-pyrrole nitrogens is 1. The Labute approximate surface area is 136 Å². The topological polar surface area (TPSA) is 62.4 Å². The van der Waals surface area contributed by atoms with Gasteiger partial charge in [0.2, 0.25) is 5.56 Å². The summed E-state index contributed by atoms with van der Waals surface area (Å²) in [5.41, 5.74) is 2.36. The number of rotatable bonds is 2. The van der Waals surface area contributed by atoms with E-state index in [2.05, 4.69) is 18.0 Å². The number of amides is 1. The molecule has 3 rings (SSSR count). The van der Waals surface area contributed by atoms with Crippen LogP contribution in [-0.2, 0) is 11.2 Å². The maximum Gasteiger partial charge on any atom is 0.255 e. The molecule has 1 fully saturated rings. The minimum Gasteiger partial charge on any atom is -0.370 e. The lowest BCUT2D eigenvalue weighted by molar-refractivity contribution is -0.0522. The SMILES string of the molecule is CCc1[nH]c(=O)ccc1C(=O)N1CCC2(C=C(C)CCO2)CC1. The number of aromatic nitrogens is 1. The summed E-state index contributed by atoms with van der Waals surface area (Å²) in [6.07, 6.45) is 5.55. The van der Waals surface area contributed by atoms with Gasteiger partial charge in [0.1, 0.15) is 0 Å². The molecule has 0 radical (unpaired) electrons. The van der Waals surface area contributed by atoms with Gasteiger partial charge in [0, 0.05) is 24.8 Å². The fourth-order valence-corrected chi connectivity index (χ4v) is 3.52. The highest BCUT2D eigenvalue weighted by molar-refractivity contribution is 5.95. The number of carbonyl (C=O) groups is 1. The quantitative estimate of drug-likeness (QED) is 0.852. The van der Waals surface area contributed by atoms with Gasteiger partial charge in [-0.15, -0.1) is 0 Å². The number of aromatic amines is 1. The van der Waals surface area contributed by atoms with Crippen LogP contribution in [0.2, 0.25) is 0 Å². The number of piperidine rings is 1. The van der Waals surface area contributed by atoms with Crippen LogP contribution in [0.5, 0.6) is 0 Å². The predicted octanol–water partition coefficient (Wildman–Crippen LogP) is 2.28. The van der Waals surface area contributed by atoms with Crippen molar-refractivity contribution in [2.24, 2.45) is 0 Å². The molecular weight excluding hydrogens is 292 g/mol. The van der Waals surface area contributed by atoms with E-state index < -0.39 is 0 Å². The fraction of sp³-hybridized carbons (Fsp3) is 0.556. The van der Waals surface area contributed by atoms with Crippen molar-refractivity contribution in [3.8, 4) is 0 Å². The van der Waals surface area contributed by atoms with Crippen molar-refractivity contribution in [2.45, 2.75) is 45.1 Å². The molecule has 1 N–H and O–H groups in total. The lowest BCUT2D eigenvalue weighted by Gasteiger charge is -2.42. The van der Waals surface area contributed by atoms with Crippen LogP contribution in [0.25, 0.3) is 0 Å². The molecule has 0 bridgehead atoms. The molecule has 124 valence electrons. The largest absolute Gasteiger partial charge is 0.370 e. The molecule has 1 aromatic heterocycles. The summed E-state index contributed by atoms with van der Waals surface area (Å²) in [5.74, 6) is 0.00413. The van der Waals surface area contributed by atoms with Gasteiger partial charge < -0.3 is 14.6 Å². The van der Waals surface area contributed by atoms with Crippen molar-refractivity contribution in [3.05, 3.63) is 45.4 Å². The maximum absolute atomic E-state index is 12.8. The lowest BCUT2D eigenvalue weighted by atomic mass is 9.86. The van der Waals surface area contributed by atoms with Crippen LogP contribution in [0.1, 0.15) is 49.2 Å². The number of nitrogens with zero attached hydrogens (tertiary/aromatic N) is 1. The first-order valence-corrected chi connectivity index (χ1v) is 8.37. The molecule has 5 nitrogen and oxygen atoms in total. The number of aryl methyl sites for hydroxylation is 1. The summed E-state index contributed by atoms with van der Waals surface area (Å²) in [7, 11) is 0. The Bertz CT molecular complexity index is 682. The van der Waals surface area contributed by atoms with Gasteiger partial charge in [-0.05, 0) is 38.7 Å². The smallest absolute Gasteiger partial charge is 0.255 e. The zero-order chi connectivity index (χ0) is 16.4. The Morgan fingerprint density at radius 2 is 2.09 bits per heavy atom. The molecule has 3 heterocycles. The monoisotopic (exact) mass is 316 g/mol. The van der Waals surface area contributed by atoms with Crippen molar-refractivity contribution in [1.82, 2.24) is 9.88 Å². The van der Waals surface area contributed by atoms with E-state index in [0.717, 1.165) is 25.9 Å². The third-order valence-corrected chi connectivity index (χ3v) is 4.88. The Morgan fingerprint density at radius 3 is 2.74 bits per heavy atom. The summed E-state index contributed by atoms with van der Waals surface area (Å²) >= 11 is 0. The van der Waals surface area contributed by atoms with Gasteiger partial charge in [0.15, 0.2) is 0 Å². The minimum absolute atomic E-state index is 0.00413. The van der Waals surface area contributed by atoms with E-state index in [0.29, 0.717) is 30.8 Å². The first-order valence-electron chi connectivity index (χ1n) is 8.37. The summed E-state index contributed by atoms with van der Waals surface area (Å²) in [6.45, 7) is 6.23. The van der Waals surface area contributed by atoms with Gasteiger partial charge >= 0.3 is 0 Å². The van der Waals surface area contributed by atoms with Gasteiger partial charge in [-0.1, -0.05) is 18.6 Å². The second-order valence-electron chi connectivity index (χ2n) is 6.51. The van der Waals surface area contributed by atoms with Gasteiger partial charge in [0.05, 0.1) is 17.8 Å². The number of nitrogens with one attached hydrogen (secondary N) is 1. The molecule has 2 aliphatic rings. The molecule has 0 unspecified atom stereocenters. The Morgan fingerprint density at radius 1 is 1.35 bits per heavy atom. The molecule has 1 saturated heterocycles. The number of likely N-dealkylation sites (tertiary alicyclic amines) is 1. The second kappa shape index (κ2) is 6.32. The molecule has 1 aromatic rings. The maximum atomic E-state index is 12.8. The molecule has 0 atom stereocenters. The third kappa shape index (κ3) is 3.24. The van der Waals surface area contributed by atoms with Crippen molar-refractivity contribution >= 4 is 5.91 Å². The van der Waals surface area contributed by atoms with E-state index >= 15 is 0 Å². The zero-order valence-corrected chi connectivity index (χ0v) is 13.9. The van der Waals surface area contributed by atoms with Crippen LogP contribution >= 0.6 is 0 Å². The third-order valence-electron chi connectivity index (χ3n) is 4.88. The molecule has 0 saturated carbocycles. The Hall–Kier alpha value is -1.88. The van der Waals surface area contributed by atoms with Crippen LogP contribution in [0.4, 0.5) is 0 Å². The van der Waals surface area contributed by atoms with E-state index in [9.17, 15) is 9.59 Å². The number of ether oxygens (including phenoxy) is 1. The standard InChI is InChI=1S/C18H24N2O3/c1-3-15-14(4-5-16(21)19-15)17(22)20-9-7-18(8-10-20)12-13(2)6-11-23-18/h4-5,12H,3,6-11H2,1-2H3,(H,19,21). The highest BCUT2D eigenvalue weighted by atomic mass is 16.5. The predicted molar refractivity (Wildman–Crippen MR) is 88.6 cm³/mol. The van der Waals surface area contributed by atoms with Crippen LogP contribution in [0.3, 0.4) is 0 Å². The summed E-state index contributed by atoms with van der Waals surface area (Å²) in [5, 5.41) is 0. The summed E-state index contributed by atoms with van der Waals surface area (Å²) < 4.78 is 6.01. The van der Waals surface area contributed by atoms with Gasteiger partial charge in [-0.3, -0.25) is 9.59 Å². The first kappa shape index (κ1) is 16.0. The van der Waals surface area contributed by atoms with Gasteiger partial charge in [0.25, 0.3) is 5.91 Å². The van der Waals surface area contributed by atoms with E-state index in [1.807, 2.05) is 11.8 Å². The van der Waals surface area contributed by atoms with Crippen LogP contribution in [0.15, 0.2) is 28.6 Å². The Balaban J connectivity index is 1.74. The molecule has 2 aliphatic heterocycles. The molecule has 1 spiro atoms. The first-order chi connectivity index (χ1) is 11.0. The normalized spacial score (nSPS) is 20.4. The van der Waals surface area contributed by atoms with Crippen molar-refractivity contribution in [1.29, 1.82) is 0 Å². The number of hydrogen-bond donors (Lipinski definition) is 1. The molecule has 0 aromatic carbocycles. The van der Waals surface area contributed by atoms with Gasteiger partial charge in [-0.25, -0.2) is 0 Å². The van der Waals surface area contributed by atoms with Crippen LogP contribution in [-0.4, -0.2) is 41.1 Å². The van der Waals surface area contributed by atoms with E-state index in [1.165, 1.54) is 11.6 Å². The summed E-state index contributed by atoms with van der Waals surface area (Å²) in [4.78, 5) is 28.8. The lowest BCUT2D eigenvalue weighted by Crippen LogP contribution is -2.48. The number of pyridine rings is 1. The number of hydrogen-bond acceptors (Lipinski definition) is 3. The van der Waals surface area contributed by atoms with Crippen LogP contribution < -0.4 is 5.56 Å². The van der Waals surface area contributed by atoms with Crippen molar-refractivity contribution < 1.29 is 9.53 Å². The fourth-order valence-electron chi connectivity index (χ4n) is 3.52. The van der Waals surface area contributed by atoms with Crippen molar-refractivity contribution in [2.75, 3.05) is 19.7 Å². The summed E-state index contributed by atoms with van der Waals surface area (Å²) in [6, 6.07) is 3.07.